The molecule has 0 spiro atoms. The highest BCUT2D eigenvalue weighted by molar-refractivity contribution is 9.10. The lowest BCUT2D eigenvalue weighted by Crippen LogP contribution is -2.24. The molecule has 0 saturated carbocycles. The van der Waals surface area contributed by atoms with Gasteiger partial charge in [0.1, 0.15) is 22.2 Å². The standard InChI is InChI=1S/C10H16BrN3O/c1-5-12-8-7(11)9(14-6-13-8)15-10(2,3)4/h6H,5H2,1-4H3,(H,12,13,14). The zero-order valence-electron chi connectivity index (χ0n) is 9.47. The first-order chi connectivity index (χ1) is 6.94. The topological polar surface area (TPSA) is 47.0 Å². The molecular formula is C10H16BrN3O. The Morgan fingerprint density at radius 3 is 2.60 bits per heavy atom. The molecule has 0 aliphatic rings. The van der Waals surface area contributed by atoms with Crippen LogP contribution in [0.15, 0.2) is 10.8 Å². The Hall–Kier alpha value is -0.840. The minimum absolute atomic E-state index is 0.264. The van der Waals surface area contributed by atoms with Crippen LogP contribution < -0.4 is 10.1 Å². The zero-order chi connectivity index (χ0) is 11.5. The van der Waals surface area contributed by atoms with Gasteiger partial charge in [-0.15, -0.1) is 0 Å². The summed E-state index contributed by atoms with van der Waals surface area (Å²) in [5, 5.41) is 3.12. The van der Waals surface area contributed by atoms with Crippen molar-refractivity contribution in [1.82, 2.24) is 9.97 Å². The number of hydrogen-bond acceptors (Lipinski definition) is 4. The maximum absolute atomic E-state index is 5.68. The van der Waals surface area contributed by atoms with Gasteiger partial charge in [-0.2, -0.15) is 0 Å². The number of aromatic nitrogens is 2. The first-order valence-electron chi connectivity index (χ1n) is 4.87. The predicted octanol–water partition coefficient (Wildman–Crippen LogP) is 2.85. The number of rotatable bonds is 3. The van der Waals surface area contributed by atoms with Crippen molar-refractivity contribution in [3.05, 3.63) is 10.8 Å². The van der Waals surface area contributed by atoms with E-state index in [1.807, 2.05) is 27.7 Å². The van der Waals surface area contributed by atoms with Crippen molar-refractivity contribution >= 4 is 21.7 Å². The summed E-state index contributed by atoms with van der Waals surface area (Å²) < 4.78 is 6.45. The van der Waals surface area contributed by atoms with Gasteiger partial charge in [0.2, 0.25) is 5.88 Å². The van der Waals surface area contributed by atoms with Crippen LogP contribution in [0.1, 0.15) is 27.7 Å². The second kappa shape index (κ2) is 4.79. The van der Waals surface area contributed by atoms with E-state index in [4.69, 9.17) is 4.74 Å². The van der Waals surface area contributed by atoms with Crippen LogP contribution in [0.4, 0.5) is 5.82 Å². The van der Waals surface area contributed by atoms with E-state index in [0.717, 1.165) is 16.8 Å². The Morgan fingerprint density at radius 1 is 1.40 bits per heavy atom. The Balaban J connectivity index is 2.94. The molecule has 1 aromatic rings. The molecule has 0 aromatic carbocycles. The summed E-state index contributed by atoms with van der Waals surface area (Å²) in [4.78, 5) is 8.20. The number of hydrogen-bond donors (Lipinski definition) is 1. The Bertz CT molecular complexity index is 336. The van der Waals surface area contributed by atoms with Crippen LogP contribution >= 0.6 is 15.9 Å². The van der Waals surface area contributed by atoms with Crippen molar-refractivity contribution in [1.29, 1.82) is 0 Å². The van der Waals surface area contributed by atoms with E-state index < -0.39 is 0 Å². The molecule has 0 aliphatic carbocycles. The maximum atomic E-state index is 5.68. The van der Waals surface area contributed by atoms with Gasteiger partial charge >= 0.3 is 0 Å². The molecule has 0 aliphatic heterocycles. The number of anilines is 1. The molecule has 4 nitrogen and oxygen atoms in total. The van der Waals surface area contributed by atoms with Crippen LogP contribution in [0.2, 0.25) is 0 Å². The fourth-order valence-electron chi connectivity index (χ4n) is 1.01. The van der Waals surface area contributed by atoms with E-state index in [2.05, 4.69) is 31.2 Å². The van der Waals surface area contributed by atoms with Crippen LogP contribution in [-0.2, 0) is 0 Å². The monoisotopic (exact) mass is 273 g/mol. The van der Waals surface area contributed by atoms with Crippen LogP contribution in [-0.4, -0.2) is 22.1 Å². The lowest BCUT2D eigenvalue weighted by molar-refractivity contribution is 0.123. The number of halogens is 1. The Labute approximate surface area is 98.6 Å². The smallest absolute Gasteiger partial charge is 0.233 e. The van der Waals surface area contributed by atoms with Crippen LogP contribution in [0.3, 0.4) is 0 Å². The summed E-state index contributed by atoms with van der Waals surface area (Å²) in [6.07, 6.45) is 1.49. The lowest BCUT2D eigenvalue weighted by atomic mass is 10.2. The van der Waals surface area contributed by atoms with Crippen molar-refractivity contribution in [2.45, 2.75) is 33.3 Å². The lowest BCUT2D eigenvalue weighted by Gasteiger charge is -2.21. The van der Waals surface area contributed by atoms with Gasteiger partial charge in [-0.3, -0.25) is 0 Å². The summed E-state index contributed by atoms with van der Waals surface area (Å²) in [6.45, 7) is 8.76. The molecule has 0 amide bonds. The molecule has 0 radical (unpaired) electrons. The van der Waals surface area contributed by atoms with E-state index >= 15 is 0 Å². The van der Waals surface area contributed by atoms with Crippen molar-refractivity contribution in [2.24, 2.45) is 0 Å². The van der Waals surface area contributed by atoms with E-state index in [-0.39, 0.29) is 5.60 Å². The van der Waals surface area contributed by atoms with Gasteiger partial charge in [-0.05, 0) is 43.6 Å². The number of ether oxygens (including phenoxy) is 1. The first kappa shape index (κ1) is 12.2. The van der Waals surface area contributed by atoms with Gasteiger partial charge < -0.3 is 10.1 Å². The highest BCUT2D eigenvalue weighted by Gasteiger charge is 2.17. The highest BCUT2D eigenvalue weighted by atomic mass is 79.9. The maximum Gasteiger partial charge on any atom is 0.233 e. The SMILES string of the molecule is CCNc1ncnc(OC(C)(C)C)c1Br. The summed E-state index contributed by atoms with van der Waals surface area (Å²) in [6, 6.07) is 0. The summed E-state index contributed by atoms with van der Waals surface area (Å²) in [5.41, 5.74) is -0.264. The van der Waals surface area contributed by atoms with Crippen molar-refractivity contribution in [3.8, 4) is 5.88 Å². The fraction of sp³-hybridized carbons (Fsp3) is 0.600. The molecule has 1 aromatic heterocycles. The molecule has 1 heterocycles. The van der Waals surface area contributed by atoms with Gasteiger partial charge in [0, 0.05) is 6.54 Å². The average molecular weight is 274 g/mol. The van der Waals surface area contributed by atoms with E-state index in [1.165, 1.54) is 6.33 Å². The quantitative estimate of drug-likeness (QED) is 0.920. The van der Waals surface area contributed by atoms with Crippen molar-refractivity contribution in [3.63, 3.8) is 0 Å². The highest BCUT2D eigenvalue weighted by Crippen LogP contribution is 2.30. The molecule has 0 fully saturated rings. The van der Waals surface area contributed by atoms with Crippen LogP contribution in [0.5, 0.6) is 5.88 Å². The second-order valence-electron chi connectivity index (χ2n) is 4.09. The largest absolute Gasteiger partial charge is 0.471 e. The van der Waals surface area contributed by atoms with Gasteiger partial charge in [-0.25, -0.2) is 9.97 Å². The van der Waals surface area contributed by atoms with E-state index in [1.54, 1.807) is 0 Å². The van der Waals surface area contributed by atoms with Crippen LogP contribution in [0.25, 0.3) is 0 Å². The van der Waals surface area contributed by atoms with Crippen molar-refractivity contribution < 1.29 is 4.74 Å². The third-order valence-electron chi connectivity index (χ3n) is 1.50. The van der Waals surface area contributed by atoms with Gasteiger partial charge in [0.15, 0.2) is 0 Å². The minimum atomic E-state index is -0.264. The van der Waals surface area contributed by atoms with E-state index in [0.29, 0.717) is 5.88 Å². The third-order valence-corrected chi connectivity index (χ3v) is 2.22. The van der Waals surface area contributed by atoms with E-state index in [9.17, 15) is 0 Å². The molecule has 1 N–H and O–H groups in total. The number of nitrogens with zero attached hydrogens (tertiary/aromatic N) is 2. The van der Waals surface area contributed by atoms with Crippen molar-refractivity contribution in [2.75, 3.05) is 11.9 Å². The molecule has 15 heavy (non-hydrogen) atoms. The molecule has 84 valence electrons. The molecule has 0 atom stereocenters. The summed E-state index contributed by atoms with van der Waals surface area (Å²) >= 11 is 3.42. The molecular weight excluding hydrogens is 258 g/mol. The first-order valence-corrected chi connectivity index (χ1v) is 5.66. The summed E-state index contributed by atoms with van der Waals surface area (Å²) in [7, 11) is 0. The van der Waals surface area contributed by atoms with Gasteiger partial charge in [0.25, 0.3) is 0 Å². The Morgan fingerprint density at radius 2 is 2.07 bits per heavy atom. The predicted molar refractivity (Wildman–Crippen MR) is 64.3 cm³/mol. The minimum Gasteiger partial charge on any atom is -0.471 e. The number of nitrogens with one attached hydrogen (secondary N) is 1. The molecule has 0 saturated heterocycles. The average Bonchev–Trinajstić information content (AvgIpc) is 2.10. The second-order valence-corrected chi connectivity index (χ2v) is 4.88. The molecule has 0 unspecified atom stereocenters. The van der Waals surface area contributed by atoms with Gasteiger partial charge in [-0.1, -0.05) is 0 Å². The normalized spacial score (nSPS) is 11.3. The summed E-state index contributed by atoms with van der Waals surface area (Å²) in [5.74, 6) is 1.32. The Kier molecular flexibility index (Phi) is 3.90. The molecule has 0 bridgehead atoms. The zero-order valence-corrected chi connectivity index (χ0v) is 11.1. The molecule has 5 heteroatoms. The van der Waals surface area contributed by atoms with Crippen LogP contribution in [0, 0.1) is 0 Å². The molecule has 1 rings (SSSR count). The third kappa shape index (κ3) is 3.66. The van der Waals surface area contributed by atoms with Gasteiger partial charge in [0.05, 0.1) is 0 Å². The fourth-order valence-corrected chi connectivity index (χ4v) is 1.43.